The van der Waals surface area contributed by atoms with E-state index in [2.05, 4.69) is 10.9 Å². The molecule has 2 unspecified atom stereocenters. The number of aromatic nitrogens is 2. The highest BCUT2D eigenvalue weighted by molar-refractivity contribution is 7.97. The molecule has 1 aromatic heterocycles. The van der Waals surface area contributed by atoms with Crippen molar-refractivity contribution in [3.63, 3.8) is 0 Å². The number of nitrogens with one attached hydrogen (secondary N) is 2. The lowest BCUT2D eigenvalue weighted by atomic mass is 9.99. The van der Waals surface area contributed by atoms with E-state index in [-0.39, 0.29) is 17.8 Å². The van der Waals surface area contributed by atoms with Crippen LogP contribution in [0.2, 0.25) is 0 Å². The van der Waals surface area contributed by atoms with Crippen LogP contribution in [0.3, 0.4) is 0 Å². The van der Waals surface area contributed by atoms with Gasteiger partial charge < -0.3 is 9.47 Å². The van der Waals surface area contributed by atoms with Gasteiger partial charge in [0.05, 0.1) is 16.8 Å². The average molecular weight is 456 g/mol. The molecule has 2 aromatic carbocycles. The van der Waals surface area contributed by atoms with Crippen molar-refractivity contribution in [3.05, 3.63) is 65.7 Å². The number of para-hydroxylation sites is 2. The Balaban J connectivity index is 1.27. The number of carbonyl (C=O) groups excluding carboxylic acids is 1. The van der Waals surface area contributed by atoms with Gasteiger partial charge in [0.2, 0.25) is 5.91 Å². The number of hydrogen-bond donors (Lipinski definition) is 2. The summed E-state index contributed by atoms with van der Waals surface area (Å²) < 4.78 is 15.2. The molecular weight excluding hydrogens is 425 g/mol. The first-order valence-corrected chi connectivity index (χ1v) is 12.4. The summed E-state index contributed by atoms with van der Waals surface area (Å²) in [7, 11) is 1.87. The van der Waals surface area contributed by atoms with E-state index < -0.39 is 0 Å². The third kappa shape index (κ3) is 5.31. The van der Waals surface area contributed by atoms with E-state index >= 15 is 0 Å². The molecule has 3 aromatic rings. The number of hydrogen-bond acceptors (Lipinski definition) is 5. The Morgan fingerprint density at radius 2 is 2.00 bits per heavy atom. The lowest BCUT2D eigenvalue weighted by Gasteiger charge is -2.19. The molecule has 2 heterocycles. The minimum atomic E-state index is -0.215. The molecule has 4 rings (SSSR count). The van der Waals surface area contributed by atoms with Crippen LogP contribution in [0.5, 0.6) is 0 Å². The first-order valence-electron chi connectivity index (χ1n) is 11.0. The maximum Gasteiger partial charge on any atom is 0.242 e. The van der Waals surface area contributed by atoms with Gasteiger partial charge >= 0.3 is 0 Å². The lowest BCUT2D eigenvalue weighted by Crippen LogP contribution is -2.34. The van der Waals surface area contributed by atoms with Crippen LogP contribution in [0.15, 0.2) is 48.5 Å². The fraction of sp³-hybridized carbons (Fsp3) is 0.417. The topological polar surface area (TPSA) is 62.2 Å². The van der Waals surface area contributed by atoms with E-state index in [1.165, 1.54) is 12.1 Å². The van der Waals surface area contributed by atoms with Crippen molar-refractivity contribution >= 4 is 28.7 Å². The normalized spacial score (nSPS) is 18.3. The lowest BCUT2D eigenvalue weighted by molar-refractivity contribution is -0.130. The van der Waals surface area contributed by atoms with E-state index in [0.717, 1.165) is 47.4 Å². The molecule has 0 aliphatic carbocycles. The summed E-state index contributed by atoms with van der Waals surface area (Å²) >= 11 is 1.71. The summed E-state index contributed by atoms with van der Waals surface area (Å²) in [6.07, 6.45) is 4.88. The smallest absolute Gasteiger partial charge is 0.242 e. The van der Waals surface area contributed by atoms with Crippen molar-refractivity contribution in [3.8, 4) is 0 Å². The number of thioether (sulfide) groups is 1. The second-order valence-electron chi connectivity index (χ2n) is 8.32. The van der Waals surface area contributed by atoms with Crippen molar-refractivity contribution in [1.82, 2.24) is 25.3 Å². The molecule has 1 aliphatic heterocycles. The third-order valence-corrected chi connectivity index (χ3v) is 6.57. The Morgan fingerprint density at radius 1 is 1.22 bits per heavy atom. The van der Waals surface area contributed by atoms with Gasteiger partial charge in [0.1, 0.15) is 18.2 Å². The summed E-state index contributed by atoms with van der Waals surface area (Å²) in [6, 6.07) is 15.1. The van der Waals surface area contributed by atoms with E-state index in [1.807, 2.05) is 59.2 Å². The zero-order chi connectivity index (χ0) is 22.5. The second kappa shape index (κ2) is 10.5. The third-order valence-electron chi connectivity index (χ3n) is 6.03. The Hall–Kier alpha value is -2.42. The number of benzene rings is 2. The van der Waals surface area contributed by atoms with Crippen molar-refractivity contribution < 1.29 is 9.18 Å². The first-order chi connectivity index (χ1) is 15.5. The van der Waals surface area contributed by atoms with Gasteiger partial charge in [0.15, 0.2) is 0 Å². The number of carbonyl (C=O) groups is 1. The van der Waals surface area contributed by atoms with Gasteiger partial charge in [-0.25, -0.2) is 9.37 Å². The summed E-state index contributed by atoms with van der Waals surface area (Å²) in [5.74, 6) is 1.60. The minimum Gasteiger partial charge on any atom is -0.344 e. The second-order valence-corrected chi connectivity index (χ2v) is 9.18. The molecule has 32 heavy (non-hydrogen) atoms. The fourth-order valence-corrected chi connectivity index (χ4v) is 4.70. The predicted octanol–water partition coefficient (Wildman–Crippen LogP) is 3.88. The molecule has 0 radical (unpaired) electrons. The summed E-state index contributed by atoms with van der Waals surface area (Å²) in [5, 5.41) is 0. The Morgan fingerprint density at radius 3 is 2.78 bits per heavy atom. The molecule has 0 spiro atoms. The highest BCUT2D eigenvalue weighted by Crippen LogP contribution is 2.24. The van der Waals surface area contributed by atoms with Crippen LogP contribution in [0.25, 0.3) is 11.0 Å². The van der Waals surface area contributed by atoms with E-state index in [4.69, 9.17) is 4.98 Å². The average Bonchev–Trinajstić information content (AvgIpc) is 3.40. The SMILES string of the molecule is CSCc1nc2ccccc2n1CC(=O)N(C)CCCC1CC(c2ccc(F)cc2)NN1. The standard InChI is InChI=1S/C24H30FN5OS/c1-29(13-5-6-19-14-21(28-27-19)17-9-11-18(25)12-10-17)24(31)15-30-22-8-4-3-7-20(22)26-23(30)16-32-2/h3-4,7-12,19,21,27-28H,5-6,13-16H2,1-2H3. The quantitative estimate of drug-likeness (QED) is 0.513. The molecule has 0 saturated carbocycles. The van der Waals surface area contributed by atoms with Gasteiger partial charge in [0.25, 0.3) is 0 Å². The van der Waals surface area contributed by atoms with E-state index in [9.17, 15) is 9.18 Å². The van der Waals surface area contributed by atoms with Gasteiger partial charge in [-0.3, -0.25) is 15.6 Å². The molecule has 2 atom stereocenters. The van der Waals surface area contributed by atoms with Crippen LogP contribution >= 0.6 is 11.8 Å². The number of hydrazine groups is 1. The van der Waals surface area contributed by atoms with Crippen LogP contribution in [-0.4, -0.2) is 46.2 Å². The van der Waals surface area contributed by atoms with Gasteiger partial charge in [-0.15, -0.1) is 0 Å². The first kappa shape index (κ1) is 22.8. The van der Waals surface area contributed by atoms with E-state index in [0.29, 0.717) is 19.1 Å². The Bertz CT molecular complexity index is 1050. The monoisotopic (exact) mass is 455 g/mol. The summed E-state index contributed by atoms with van der Waals surface area (Å²) in [5.41, 5.74) is 9.67. The molecular formula is C24H30FN5OS. The zero-order valence-corrected chi connectivity index (χ0v) is 19.4. The predicted molar refractivity (Wildman–Crippen MR) is 128 cm³/mol. The highest BCUT2D eigenvalue weighted by atomic mass is 32.2. The zero-order valence-electron chi connectivity index (χ0n) is 18.6. The number of nitrogens with zero attached hydrogens (tertiary/aromatic N) is 3. The number of amides is 1. The Labute approximate surface area is 192 Å². The van der Waals surface area contributed by atoms with Crippen LogP contribution in [-0.2, 0) is 17.1 Å². The van der Waals surface area contributed by atoms with Gasteiger partial charge in [-0.2, -0.15) is 11.8 Å². The number of imidazole rings is 1. The molecule has 1 saturated heterocycles. The maximum atomic E-state index is 13.1. The summed E-state index contributed by atoms with van der Waals surface area (Å²) in [6.45, 7) is 1.02. The number of likely N-dealkylation sites (N-methyl/N-ethyl adjacent to an activating group) is 1. The molecule has 170 valence electrons. The van der Waals surface area contributed by atoms with Crippen molar-refractivity contribution in [2.45, 2.75) is 43.6 Å². The van der Waals surface area contributed by atoms with Crippen LogP contribution < -0.4 is 10.9 Å². The van der Waals surface area contributed by atoms with Crippen LogP contribution in [0, 0.1) is 5.82 Å². The van der Waals surface area contributed by atoms with Gasteiger partial charge in [-0.1, -0.05) is 24.3 Å². The van der Waals surface area contributed by atoms with Crippen molar-refractivity contribution in [2.24, 2.45) is 0 Å². The van der Waals surface area contributed by atoms with Crippen molar-refractivity contribution in [2.75, 3.05) is 19.8 Å². The number of rotatable bonds is 9. The molecule has 1 fully saturated rings. The largest absolute Gasteiger partial charge is 0.344 e. The maximum absolute atomic E-state index is 13.1. The van der Waals surface area contributed by atoms with E-state index in [1.54, 1.807) is 11.8 Å². The summed E-state index contributed by atoms with van der Waals surface area (Å²) in [4.78, 5) is 19.4. The fourth-order valence-electron chi connectivity index (χ4n) is 4.22. The Kier molecular flexibility index (Phi) is 7.44. The molecule has 1 amide bonds. The van der Waals surface area contributed by atoms with Gasteiger partial charge in [-0.05, 0) is 55.3 Å². The highest BCUT2D eigenvalue weighted by Gasteiger charge is 2.25. The molecule has 8 heteroatoms. The van der Waals surface area contributed by atoms with Crippen LogP contribution in [0.1, 0.15) is 36.7 Å². The van der Waals surface area contributed by atoms with Crippen LogP contribution in [0.4, 0.5) is 4.39 Å². The van der Waals surface area contributed by atoms with Gasteiger partial charge in [0, 0.05) is 25.7 Å². The number of halogens is 1. The molecule has 1 aliphatic rings. The number of fused-ring (bicyclic) bond motifs is 1. The molecule has 0 bridgehead atoms. The molecule has 6 nitrogen and oxygen atoms in total. The van der Waals surface area contributed by atoms with Crippen molar-refractivity contribution in [1.29, 1.82) is 0 Å². The molecule has 2 N–H and O–H groups in total. The minimum absolute atomic E-state index is 0.0946.